The molecule has 2 aromatic heterocycles. The van der Waals surface area contributed by atoms with Crippen LogP contribution in [0.3, 0.4) is 0 Å². The van der Waals surface area contributed by atoms with Gasteiger partial charge in [-0.1, -0.05) is 30.3 Å². The number of hydrogen-bond donors (Lipinski definition) is 0. The van der Waals surface area contributed by atoms with Crippen molar-refractivity contribution in [3.63, 3.8) is 0 Å². The van der Waals surface area contributed by atoms with E-state index in [9.17, 15) is 4.79 Å². The Morgan fingerprint density at radius 1 is 1.15 bits per heavy atom. The second-order valence-electron chi connectivity index (χ2n) is 4.23. The van der Waals surface area contributed by atoms with Crippen LogP contribution < -0.4 is 4.80 Å². The van der Waals surface area contributed by atoms with Gasteiger partial charge in [-0.05, 0) is 17.0 Å². The molecule has 1 aromatic carbocycles. The maximum Gasteiger partial charge on any atom is 0.280 e. The fourth-order valence-corrected chi connectivity index (χ4v) is 3.18. The van der Waals surface area contributed by atoms with E-state index in [1.54, 1.807) is 6.07 Å². The smallest absolute Gasteiger partial charge is 0.280 e. The van der Waals surface area contributed by atoms with E-state index in [4.69, 9.17) is 0 Å². The van der Waals surface area contributed by atoms with Gasteiger partial charge in [-0.3, -0.25) is 4.79 Å². The molecule has 0 atom stereocenters. The maximum atomic E-state index is 12.0. The Morgan fingerprint density at radius 2 is 2.00 bits per heavy atom. The number of aromatic nitrogens is 1. The molecular weight excluding hydrogens is 288 g/mol. The van der Waals surface area contributed by atoms with Crippen LogP contribution >= 0.6 is 22.7 Å². The summed E-state index contributed by atoms with van der Waals surface area (Å²) in [4.78, 5) is 16.9. The fourth-order valence-electron chi connectivity index (χ4n) is 1.82. The van der Waals surface area contributed by atoms with E-state index in [0.717, 1.165) is 11.3 Å². The van der Waals surface area contributed by atoms with Crippen LogP contribution in [0, 0.1) is 0 Å². The van der Waals surface area contributed by atoms with Crippen molar-refractivity contribution in [2.75, 3.05) is 0 Å². The third-order valence-electron chi connectivity index (χ3n) is 2.82. The monoisotopic (exact) mass is 300 g/mol. The number of thiophene rings is 1. The van der Waals surface area contributed by atoms with Crippen LogP contribution in [0.2, 0.25) is 0 Å². The zero-order valence-electron chi connectivity index (χ0n) is 10.6. The molecule has 0 aliphatic rings. The van der Waals surface area contributed by atoms with E-state index >= 15 is 0 Å². The third kappa shape index (κ3) is 2.95. The summed E-state index contributed by atoms with van der Waals surface area (Å²) in [6.45, 7) is 0.722. The van der Waals surface area contributed by atoms with E-state index in [2.05, 4.69) is 17.1 Å². The van der Waals surface area contributed by atoms with Crippen molar-refractivity contribution in [2.24, 2.45) is 4.99 Å². The highest BCUT2D eigenvalue weighted by Gasteiger charge is 2.05. The highest BCUT2D eigenvalue weighted by Crippen LogP contribution is 2.07. The number of carbonyl (C=O) groups excluding carboxylic acids is 1. The van der Waals surface area contributed by atoms with Crippen molar-refractivity contribution in [3.05, 3.63) is 74.7 Å². The van der Waals surface area contributed by atoms with Crippen molar-refractivity contribution in [3.8, 4) is 0 Å². The second-order valence-corrected chi connectivity index (χ2v) is 5.88. The van der Waals surface area contributed by atoms with E-state index in [1.165, 1.54) is 28.2 Å². The van der Waals surface area contributed by atoms with Gasteiger partial charge in [0.2, 0.25) is 0 Å². The number of nitrogens with zero attached hydrogens (tertiary/aromatic N) is 2. The highest BCUT2D eigenvalue weighted by atomic mass is 32.1. The standard InChI is InChI=1S/C15H12N2OS2/c18-14(13-6-8-19-11-13)16-15-17(7-9-20-15)10-12-4-2-1-3-5-12/h1-9,11H,10H2. The van der Waals surface area contributed by atoms with Gasteiger partial charge in [0, 0.05) is 23.5 Å². The Balaban J connectivity index is 1.89. The van der Waals surface area contributed by atoms with E-state index in [1.807, 2.05) is 45.1 Å². The summed E-state index contributed by atoms with van der Waals surface area (Å²) in [5.41, 5.74) is 1.84. The Bertz CT molecular complexity index is 755. The van der Waals surface area contributed by atoms with Crippen LogP contribution in [0.15, 0.2) is 63.7 Å². The summed E-state index contributed by atoms with van der Waals surface area (Å²) < 4.78 is 1.99. The summed E-state index contributed by atoms with van der Waals surface area (Å²) in [6.07, 6.45) is 1.96. The normalized spacial score (nSPS) is 11.7. The van der Waals surface area contributed by atoms with E-state index in [0.29, 0.717) is 5.56 Å². The lowest BCUT2D eigenvalue weighted by Crippen LogP contribution is -2.16. The van der Waals surface area contributed by atoms with E-state index in [-0.39, 0.29) is 5.91 Å². The molecule has 3 aromatic rings. The first-order valence-corrected chi connectivity index (χ1v) is 7.94. The second kappa shape index (κ2) is 5.98. The van der Waals surface area contributed by atoms with Crippen molar-refractivity contribution >= 4 is 28.6 Å². The molecule has 0 fully saturated rings. The summed E-state index contributed by atoms with van der Waals surface area (Å²) in [5, 5.41) is 5.65. The molecule has 3 rings (SSSR count). The van der Waals surface area contributed by atoms with Gasteiger partial charge in [0.05, 0.1) is 5.56 Å². The zero-order valence-corrected chi connectivity index (χ0v) is 12.2. The third-order valence-corrected chi connectivity index (χ3v) is 4.30. The van der Waals surface area contributed by atoms with Gasteiger partial charge in [-0.2, -0.15) is 16.3 Å². The molecule has 1 amide bonds. The van der Waals surface area contributed by atoms with Crippen LogP contribution in [0.1, 0.15) is 15.9 Å². The van der Waals surface area contributed by atoms with Gasteiger partial charge in [0.1, 0.15) is 0 Å². The van der Waals surface area contributed by atoms with Crippen LogP contribution in [-0.2, 0) is 6.54 Å². The number of thiazole rings is 1. The molecule has 5 heteroatoms. The molecule has 0 radical (unpaired) electrons. The van der Waals surface area contributed by atoms with Gasteiger partial charge in [-0.15, -0.1) is 11.3 Å². The molecule has 3 nitrogen and oxygen atoms in total. The summed E-state index contributed by atoms with van der Waals surface area (Å²) in [6, 6.07) is 11.9. The van der Waals surface area contributed by atoms with Crippen molar-refractivity contribution < 1.29 is 4.79 Å². The number of hydrogen-bond acceptors (Lipinski definition) is 3. The first-order chi connectivity index (χ1) is 9.83. The first-order valence-electron chi connectivity index (χ1n) is 6.12. The van der Waals surface area contributed by atoms with Crippen LogP contribution in [0.4, 0.5) is 0 Å². The molecule has 20 heavy (non-hydrogen) atoms. The molecular formula is C15H12N2OS2. The Kier molecular flexibility index (Phi) is 3.90. The zero-order chi connectivity index (χ0) is 13.8. The number of rotatable bonds is 3. The SMILES string of the molecule is O=C(N=c1sccn1Cc1ccccc1)c1ccsc1. The molecule has 0 saturated heterocycles. The lowest BCUT2D eigenvalue weighted by molar-refractivity contribution is 0.0998. The molecule has 0 aliphatic carbocycles. The molecule has 100 valence electrons. The minimum atomic E-state index is -0.185. The van der Waals surface area contributed by atoms with Crippen LogP contribution in [0.5, 0.6) is 0 Å². The number of carbonyl (C=O) groups is 1. The van der Waals surface area contributed by atoms with Crippen molar-refractivity contribution in [1.82, 2.24) is 4.57 Å². The highest BCUT2D eigenvalue weighted by molar-refractivity contribution is 7.08. The molecule has 0 N–H and O–H groups in total. The number of benzene rings is 1. The predicted octanol–water partition coefficient (Wildman–Crippen LogP) is 3.40. The minimum Gasteiger partial charge on any atom is -0.319 e. The fraction of sp³-hybridized carbons (Fsp3) is 0.0667. The Morgan fingerprint density at radius 3 is 2.75 bits per heavy atom. The molecule has 0 spiro atoms. The quantitative estimate of drug-likeness (QED) is 0.730. The van der Waals surface area contributed by atoms with Gasteiger partial charge >= 0.3 is 0 Å². The van der Waals surface area contributed by atoms with Crippen LogP contribution in [0.25, 0.3) is 0 Å². The van der Waals surface area contributed by atoms with E-state index < -0.39 is 0 Å². The lowest BCUT2D eigenvalue weighted by atomic mass is 10.2. The number of amides is 1. The van der Waals surface area contributed by atoms with Crippen LogP contribution in [-0.4, -0.2) is 10.5 Å². The minimum absolute atomic E-state index is 0.185. The topological polar surface area (TPSA) is 34.4 Å². The van der Waals surface area contributed by atoms with Crippen molar-refractivity contribution in [2.45, 2.75) is 6.54 Å². The average Bonchev–Trinajstić information content (AvgIpc) is 3.12. The summed E-state index contributed by atoms with van der Waals surface area (Å²) in [5.74, 6) is -0.185. The summed E-state index contributed by atoms with van der Waals surface area (Å²) >= 11 is 2.98. The molecule has 0 bridgehead atoms. The molecule has 0 aliphatic heterocycles. The lowest BCUT2D eigenvalue weighted by Gasteiger charge is -2.02. The molecule has 2 heterocycles. The summed E-state index contributed by atoms with van der Waals surface area (Å²) in [7, 11) is 0. The van der Waals surface area contributed by atoms with Gasteiger partial charge in [-0.25, -0.2) is 0 Å². The largest absolute Gasteiger partial charge is 0.319 e. The first kappa shape index (κ1) is 13.0. The average molecular weight is 300 g/mol. The van der Waals surface area contributed by atoms with Gasteiger partial charge in [0.15, 0.2) is 4.80 Å². The van der Waals surface area contributed by atoms with Gasteiger partial charge in [0.25, 0.3) is 5.91 Å². The predicted molar refractivity (Wildman–Crippen MR) is 82.1 cm³/mol. The van der Waals surface area contributed by atoms with Crippen molar-refractivity contribution in [1.29, 1.82) is 0 Å². The van der Waals surface area contributed by atoms with Gasteiger partial charge < -0.3 is 4.57 Å². The maximum absolute atomic E-state index is 12.0. The Hall–Kier alpha value is -1.98. The Labute approximate surface area is 124 Å². The molecule has 0 saturated carbocycles. The molecule has 0 unspecified atom stereocenters.